The Morgan fingerprint density at radius 2 is 2.05 bits per heavy atom. The van der Waals surface area contributed by atoms with E-state index in [-0.39, 0.29) is 12.5 Å². The van der Waals surface area contributed by atoms with Crippen LogP contribution in [0.25, 0.3) is 6.08 Å². The maximum absolute atomic E-state index is 11.5. The van der Waals surface area contributed by atoms with Gasteiger partial charge in [0.15, 0.2) is 18.1 Å². The molecule has 1 aliphatic heterocycles. The van der Waals surface area contributed by atoms with Gasteiger partial charge in [0.25, 0.3) is 5.91 Å². The summed E-state index contributed by atoms with van der Waals surface area (Å²) in [6.45, 7) is 3.29. The molecule has 1 aromatic rings. The van der Waals surface area contributed by atoms with Gasteiger partial charge in [-0.3, -0.25) is 4.79 Å². The summed E-state index contributed by atoms with van der Waals surface area (Å²) in [5.41, 5.74) is 0.789. The number of nitrogens with one attached hydrogen (secondary N) is 1. The average molecular weight is 305 g/mol. The number of hydrogen-bond acceptors (Lipinski definition) is 5. The van der Waals surface area contributed by atoms with Crippen molar-refractivity contribution in [3.05, 3.63) is 29.8 Å². The molecule has 0 aromatic heterocycles. The third-order valence-electron chi connectivity index (χ3n) is 2.90. The van der Waals surface area contributed by atoms with Crippen molar-refractivity contribution in [2.75, 3.05) is 26.4 Å². The zero-order valence-corrected chi connectivity index (χ0v) is 12.5. The van der Waals surface area contributed by atoms with E-state index in [9.17, 15) is 9.59 Å². The smallest absolute Gasteiger partial charge is 0.331 e. The zero-order chi connectivity index (χ0) is 15.8. The third kappa shape index (κ3) is 4.80. The van der Waals surface area contributed by atoms with Gasteiger partial charge < -0.3 is 19.5 Å². The van der Waals surface area contributed by atoms with E-state index in [0.717, 1.165) is 12.0 Å². The summed E-state index contributed by atoms with van der Waals surface area (Å²) in [4.78, 5) is 22.8. The molecule has 0 radical (unpaired) electrons. The molecule has 1 heterocycles. The van der Waals surface area contributed by atoms with Crippen LogP contribution in [0.3, 0.4) is 0 Å². The Morgan fingerprint density at radius 3 is 2.82 bits per heavy atom. The summed E-state index contributed by atoms with van der Waals surface area (Å²) in [5, 5.41) is 2.62. The van der Waals surface area contributed by atoms with E-state index < -0.39 is 5.97 Å². The lowest BCUT2D eigenvalue weighted by Gasteiger charge is -2.18. The Balaban J connectivity index is 1.83. The van der Waals surface area contributed by atoms with E-state index >= 15 is 0 Å². The van der Waals surface area contributed by atoms with Crippen LogP contribution in [0.5, 0.6) is 11.5 Å². The maximum Gasteiger partial charge on any atom is 0.331 e. The van der Waals surface area contributed by atoms with Crippen LogP contribution in [-0.4, -0.2) is 38.2 Å². The van der Waals surface area contributed by atoms with Crippen molar-refractivity contribution in [1.29, 1.82) is 0 Å². The number of rotatable bonds is 6. The maximum atomic E-state index is 11.5. The lowest BCUT2D eigenvalue weighted by atomic mass is 10.2. The number of carbonyl (C=O) groups excluding carboxylic acids is 2. The van der Waals surface area contributed by atoms with Gasteiger partial charge in [0, 0.05) is 12.6 Å². The van der Waals surface area contributed by atoms with Crippen molar-refractivity contribution in [3.8, 4) is 11.5 Å². The van der Waals surface area contributed by atoms with E-state index in [4.69, 9.17) is 14.2 Å². The molecule has 0 saturated carbocycles. The van der Waals surface area contributed by atoms with Crippen molar-refractivity contribution in [1.82, 2.24) is 5.32 Å². The second kappa shape index (κ2) is 8.07. The largest absolute Gasteiger partial charge is 0.486 e. The molecule has 22 heavy (non-hydrogen) atoms. The van der Waals surface area contributed by atoms with Gasteiger partial charge in [-0.05, 0) is 30.2 Å². The average Bonchev–Trinajstić information content (AvgIpc) is 2.56. The Kier molecular flexibility index (Phi) is 5.82. The minimum Gasteiger partial charge on any atom is -0.486 e. The minimum atomic E-state index is -0.568. The molecule has 1 amide bonds. The SMILES string of the molecule is CCCNC(=O)COC(=O)/C=C/c1ccc2c(c1)OCCO2. The van der Waals surface area contributed by atoms with Crippen LogP contribution in [0.2, 0.25) is 0 Å². The molecular weight excluding hydrogens is 286 g/mol. The molecule has 0 bridgehead atoms. The first kappa shape index (κ1) is 15.9. The molecule has 0 unspecified atom stereocenters. The normalized spacial score (nSPS) is 13.0. The van der Waals surface area contributed by atoms with Crippen molar-refractivity contribution in [2.24, 2.45) is 0 Å². The van der Waals surface area contributed by atoms with E-state index in [2.05, 4.69) is 5.32 Å². The van der Waals surface area contributed by atoms with Crippen molar-refractivity contribution in [3.63, 3.8) is 0 Å². The van der Waals surface area contributed by atoms with Crippen molar-refractivity contribution in [2.45, 2.75) is 13.3 Å². The van der Waals surface area contributed by atoms with Crippen LogP contribution in [0.1, 0.15) is 18.9 Å². The molecule has 6 nitrogen and oxygen atoms in total. The van der Waals surface area contributed by atoms with Gasteiger partial charge in [-0.25, -0.2) is 4.79 Å². The molecule has 6 heteroatoms. The van der Waals surface area contributed by atoms with Gasteiger partial charge in [-0.2, -0.15) is 0 Å². The highest BCUT2D eigenvalue weighted by Gasteiger charge is 2.11. The summed E-state index contributed by atoms with van der Waals surface area (Å²) in [6, 6.07) is 5.38. The summed E-state index contributed by atoms with van der Waals surface area (Å²) in [7, 11) is 0. The minimum absolute atomic E-state index is 0.273. The highest BCUT2D eigenvalue weighted by atomic mass is 16.6. The van der Waals surface area contributed by atoms with Crippen LogP contribution in [0.15, 0.2) is 24.3 Å². The second-order valence-corrected chi connectivity index (χ2v) is 4.69. The Labute approximate surface area is 129 Å². The van der Waals surface area contributed by atoms with Crippen molar-refractivity contribution < 1.29 is 23.8 Å². The molecule has 0 aliphatic carbocycles. The lowest BCUT2D eigenvalue weighted by Crippen LogP contribution is -2.28. The topological polar surface area (TPSA) is 73.9 Å². The molecule has 0 saturated heterocycles. The monoisotopic (exact) mass is 305 g/mol. The molecule has 1 aliphatic rings. The number of esters is 1. The van der Waals surface area contributed by atoms with Crippen LogP contribution in [-0.2, 0) is 14.3 Å². The first-order valence-corrected chi connectivity index (χ1v) is 7.20. The third-order valence-corrected chi connectivity index (χ3v) is 2.90. The van der Waals surface area contributed by atoms with Gasteiger partial charge in [0.05, 0.1) is 0 Å². The van der Waals surface area contributed by atoms with E-state index in [0.29, 0.717) is 31.3 Å². The van der Waals surface area contributed by atoms with Crippen LogP contribution in [0.4, 0.5) is 0 Å². The molecule has 1 aromatic carbocycles. The first-order chi connectivity index (χ1) is 10.7. The molecule has 2 rings (SSSR count). The van der Waals surface area contributed by atoms with E-state index in [1.54, 1.807) is 18.2 Å². The quantitative estimate of drug-likeness (QED) is 0.637. The summed E-state index contributed by atoms with van der Waals surface area (Å²) in [5.74, 6) is 0.476. The summed E-state index contributed by atoms with van der Waals surface area (Å²) in [6.07, 6.45) is 3.72. The number of benzene rings is 1. The zero-order valence-electron chi connectivity index (χ0n) is 12.5. The number of carbonyl (C=O) groups is 2. The predicted molar refractivity (Wildman–Crippen MR) is 80.7 cm³/mol. The van der Waals surface area contributed by atoms with Crippen molar-refractivity contribution >= 4 is 18.0 Å². The Morgan fingerprint density at radius 1 is 1.27 bits per heavy atom. The van der Waals surface area contributed by atoms with Crippen LogP contribution >= 0.6 is 0 Å². The standard InChI is InChI=1S/C16H19NO5/c1-2-7-17-15(18)11-22-16(19)6-4-12-3-5-13-14(10-12)21-9-8-20-13/h3-6,10H,2,7-9,11H2,1H3,(H,17,18)/b6-4+. The molecule has 118 valence electrons. The van der Waals surface area contributed by atoms with Gasteiger partial charge >= 0.3 is 5.97 Å². The molecule has 0 atom stereocenters. The van der Waals surface area contributed by atoms with Crippen LogP contribution in [0, 0.1) is 0 Å². The fourth-order valence-electron chi connectivity index (χ4n) is 1.83. The molecule has 1 N–H and O–H groups in total. The predicted octanol–water partition coefficient (Wildman–Crippen LogP) is 1.54. The van der Waals surface area contributed by atoms with Crippen LogP contribution < -0.4 is 14.8 Å². The number of amides is 1. The van der Waals surface area contributed by atoms with Gasteiger partial charge in [0.1, 0.15) is 13.2 Å². The first-order valence-electron chi connectivity index (χ1n) is 7.20. The number of ether oxygens (including phenoxy) is 3. The number of hydrogen-bond donors (Lipinski definition) is 1. The van der Waals surface area contributed by atoms with Gasteiger partial charge in [0.2, 0.25) is 0 Å². The fourth-order valence-corrected chi connectivity index (χ4v) is 1.83. The number of fused-ring (bicyclic) bond motifs is 1. The Hall–Kier alpha value is -2.50. The molecule has 0 spiro atoms. The van der Waals surface area contributed by atoms with E-state index in [1.165, 1.54) is 6.08 Å². The highest BCUT2D eigenvalue weighted by molar-refractivity contribution is 5.89. The molecule has 0 fully saturated rings. The fraction of sp³-hybridized carbons (Fsp3) is 0.375. The summed E-state index contributed by atoms with van der Waals surface area (Å²) < 4.78 is 15.7. The van der Waals surface area contributed by atoms with E-state index in [1.807, 2.05) is 13.0 Å². The van der Waals surface area contributed by atoms with Gasteiger partial charge in [-0.15, -0.1) is 0 Å². The second-order valence-electron chi connectivity index (χ2n) is 4.69. The van der Waals surface area contributed by atoms with Gasteiger partial charge in [-0.1, -0.05) is 13.0 Å². The highest BCUT2D eigenvalue weighted by Crippen LogP contribution is 2.31. The summed E-state index contributed by atoms with van der Waals surface area (Å²) >= 11 is 0. The lowest BCUT2D eigenvalue weighted by molar-refractivity contribution is -0.143. The molecular formula is C16H19NO5. The Bertz CT molecular complexity index is 568.